The van der Waals surface area contributed by atoms with Gasteiger partial charge in [-0.25, -0.2) is 0 Å². The molecule has 10 heteroatoms. The van der Waals surface area contributed by atoms with Crippen LogP contribution in [0.4, 0.5) is 0 Å². The van der Waals surface area contributed by atoms with Gasteiger partial charge in [0.2, 0.25) is 0 Å². The minimum atomic E-state index is -4.66. The molecule has 2 atom stereocenters. The van der Waals surface area contributed by atoms with Crippen LogP contribution >= 0.6 is 7.82 Å². The number of carbonyl (C=O) groups is 2. The van der Waals surface area contributed by atoms with Gasteiger partial charge in [0.05, 0.1) is 27.7 Å². The van der Waals surface area contributed by atoms with Crippen molar-refractivity contribution in [3.63, 3.8) is 0 Å². The van der Waals surface area contributed by atoms with E-state index in [0.29, 0.717) is 23.9 Å². The first-order valence-corrected chi connectivity index (χ1v) is 29.0. The average Bonchev–Trinajstić information content (AvgIpc) is 3.34. The number of hydrogen-bond acceptors (Lipinski definition) is 8. The number of carbonyl (C=O) groups excluding carboxylic acids is 2. The molecule has 0 saturated heterocycles. The van der Waals surface area contributed by atoms with Gasteiger partial charge in [-0.3, -0.25) is 14.2 Å². The summed E-state index contributed by atoms with van der Waals surface area (Å²) in [6.07, 6.45) is 76.1. The van der Waals surface area contributed by atoms with Gasteiger partial charge in [0, 0.05) is 12.8 Å². The minimum Gasteiger partial charge on any atom is -0.756 e. The number of phosphoric ester groups is 1. The molecule has 0 aliphatic heterocycles. The lowest BCUT2D eigenvalue weighted by molar-refractivity contribution is -0.870. The van der Waals surface area contributed by atoms with Crippen molar-refractivity contribution < 1.29 is 42.1 Å². The Bertz CT molecular complexity index is 1720. The molecular formula is C62H100NO8P. The monoisotopic (exact) mass is 1020 g/mol. The van der Waals surface area contributed by atoms with Crippen LogP contribution in [0.5, 0.6) is 0 Å². The van der Waals surface area contributed by atoms with Gasteiger partial charge in [-0.15, -0.1) is 0 Å². The van der Waals surface area contributed by atoms with Gasteiger partial charge in [0.25, 0.3) is 7.82 Å². The van der Waals surface area contributed by atoms with Crippen LogP contribution in [-0.4, -0.2) is 70.0 Å². The molecule has 0 rings (SSSR count). The van der Waals surface area contributed by atoms with Crippen LogP contribution in [0, 0.1) is 0 Å². The molecule has 72 heavy (non-hydrogen) atoms. The fourth-order valence-electron chi connectivity index (χ4n) is 6.67. The van der Waals surface area contributed by atoms with E-state index in [-0.39, 0.29) is 26.1 Å². The fourth-order valence-corrected chi connectivity index (χ4v) is 7.40. The summed E-state index contributed by atoms with van der Waals surface area (Å²) >= 11 is 0. The second kappa shape index (κ2) is 51.8. The number of likely N-dealkylation sites (N-methyl/N-ethyl adjacent to an activating group) is 1. The average molecular weight is 1020 g/mol. The van der Waals surface area contributed by atoms with E-state index in [1.54, 1.807) is 0 Å². The van der Waals surface area contributed by atoms with Gasteiger partial charge in [0.1, 0.15) is 19.8 Å². The molecule has 0 bridgehead atoms. The standard InChI is InChI=1S/C62H100NO8P/c1-6-8-10-12-14-16-18-20-22-24-25-26-27-28-29-30-31-32-33-34-35-36-37-39-41-43-45-47-49-51-53-55-62(65)71-60(59-70-72(66,67)69-57-56-63(3,4)5)58-68-61(64)54-52-50-48-46-44-42-40-38-23-21-19-17-15-13-11-9-7-2/h8-11,14-17,20-23,25-26,28-29,31-32,34-35,40,42,46,48,60H,6-7,12-13,18-19,24,27,30,33,36-39,41,43-45,47,49-59H2,1-5H3/b10-8-,11-9-,16-14-,17-15-,22-20-,23-21-,26-25-,29-28-,32-31-,35-34-,42-40-,48-46-. The Balaban J connectivity index is 4.28. The van der Waals surface area contributed by atoms with Crippen molar-refractivity contribution in [1.82, 2.24) is 0 Å². The number of ether oxygens (including phenoxy) is 2. The van der Waals surface area contributed by atoms with Gasteiger partial charge in [0.15, 0.2) is 6.10 Å². The van der Waals surface area contributed by atoms with E-state index in [9.17, 15) is 19.0 Å². The summed E-state index contributed by atoms with van der Waals surface area (Å²) in [7, 11) is 1.11. The summed E-state index contributed by atoms with van der Waals surface area (Å²) in [5.74, 6) is -0.923. The van der Waals surface area contributed by atoms with E-state index in [4.69, 9.17) is 18.5 Å². The van der Waals surface area contributed by atoms with Crippen LogP contribution in [0.1, 0.15) is 181 Å². The van der Waals surface area contributed by atoms with Crippen LogP contribution < -0.4 is 4.89 Å². The van der Waals surface area contributed by atoms with Crippen molar-refractivity contribution in [2.75, 3.05) is 47.5 Å². The van der Waals surface area contributed by atoms with Crippen molar-refractivity contribution in [2.24, 2.45) is 0 Å². The van der Waals surface area contributed by atoms with Crippen LogP contribution in [0.15, 0.2) is 146 Å². The van der Waals surface area contributed by atoms with Crippen molar-refractivity contribution in [3.05, 3.63) is 146 Å². The van der Waals surface area contributed by atoms with E-state index in [1.807, 2.05) is 27.2 Å². The topological polar surface area (TPSA) is 111 Å². The number of allylic oxidation sites excluding steroid dienone is 24. The highest BCUT2D eigenvalue weighted by molar-refractivity contribution is 7.45. The smallest absolute Gasteiger partial charge is 0.306 e. The molecule has 0 N–H and O–H groups in total. The second-order valence-electron chi connectivity index (χ2n) is 18.8. The summed E-state index contributed by atoms with van der Waals surface area (Å²) in [6.45, 7) is 3.90. The number of hydrogen-bond donors (Lipinski definition) is 0. The third-order valence-corrected chi connectivity index (χ3v) is 11.8. The fraction of sp³-hybridized carbons (Fsp3) is 0.581. The molecule has 0 amide bonds. The first kappa shape index (κ1) is 67.9. The first-order valence-electron chi connectivity index (χ1n) is 27.5. The molecular weight excluding hydrogens is 918 g/mol. The van der Waals surface area contributed by atoms with Gasteiger partial charge in [-0.1, -0.05) is 205 Å². The van der Waals surface area contributed by atoms with Crippen molar-refractivity contribution in [1.29, 1.82) is 0 Å². The molecule has 0 saturated carbocycles. The number of quaternary nitrogens is 1. The molecule has 0 aromatic carbocycles. The molecule has 0 heterocycles. The maximum atomic E-state index is 12.8. The summed E-state index contributed by atoms with van der Waals surface area (Å²) in [4.78, 5) is 37.8. The summed E-state index contributed by atoms with van der Waals surface area (Å²) < 4.78 is 34.0. The lowest BCUT2D eigenvalue weighted by atomic mass is 10.1. The van der Waals surface area contributed by atoms with Gasteiger partial charge >= 0.3 is 11.9 Å². The first-order chi connectivity index (χ1) is 35.0. The molecule has 406 valence electrons. The Morgan fingerprint density at radius 1 is 0.431 bits per heavy atom. The highest BCUT2D eigenvalue weighted by atomic mass is 31.2. The second-order valence-corrected chi connectivity index (χ2v) is 20.2. The van der Waals surface area contributed by atoms with Crippen molar-refractivity contribution in [2.45, 2.75) is 187 Å². The predicted octanol–water partition coefficient (Wildman–Crippen LogP) is 16.5. The Morgan fingerprint density at radius 2 is 0.764 bits per heavy atom. The normalized spacial score (nSPS) is 14.5. The summed E-state index contributed by atoms with van der Waals surface area (Å²) in [5, 5.41) is 0. The zero-order chi connectivity index (χ0) is 52.7. The number of unbranched alkanes of at least 4 members (excludes halogenated alkanes) is 10. The van der Waals surface area contributed by atoms with E-state index in [1.165, 1.54) is 32.1 Å². The summed E-state index contributed by atoms with van der Waals surface area (Å²) in [6, 6.07) is 0. The number of esters is 2. The molecule has 0 aliphatic rings. The third kappa shape index (κ3) is 55.2. The molecule has 0 spiro atoms. The zero-order valence-electron chi connectivity index (χ0n) is 45.8. The summed E-state index contributed by atoms with van der Waals surface area (Å²) in [5.41, 5.74) is 0. The van der Waals surface area contributed by atoms with E-state index in [2.05, 4.69) is 154 Å². The maximum absolute atomic E-state index is 12.8. The Kier molecular flexibility index (Phi) is 48.8. The molecule has 0 aromatic rings. The minimum absolute atomic E-state index is 0.0496. The molecule has 0 aromatic heterocycles. The molecule has 0 radical (unpaired) electrons. The van der Waals surface area contributed by atoms with Gasteiger partial charge in [-0.2, -0.15) is 0 Å². The SMILES string of the molecule is CC/C=C\C/C=C\C/C=C\C/C=C\C/C=C\C/C=C\C/C=C\CCCCCCCCCCCC(=O)OC(COC(=O)CCC/C=C\C/C=C\C/C=C\C/C=C\C/C=C\CC)COP(=O)([O-])OCC[N+](C)(C)C. The molecule has 0 fully saturated rings. The Hall–Kier alpha value is -4.11. The van der Waals surface area contributed by atoms with Crippen molar-refractivity contribution in [3.8, 4) is 0 Å². The van der Waals surface area contributed by atoms with Crippen LogP contribution in [0.2, 0.25) is 0 Å². The Morgan fingerprint density at radius 3 is 1.15 bits per heavy atom. The van der Waals surface area contributed by atoms with Gasteiger partial charge < -0.3 is 27.9 Å². The molecule has 9 nitrogen and oxygen atoms in total. The number of rotatable bonds is 48. The van der Waals surface area contributed by atoms with Crippen LogP contribution in [0.3, 0.4) is 0 Å². The maximum Gasteiger partial charge on any atom is 0.306 e. The van der Waals surface area contributed by atoms with Crippen molar-refractivity contribution >= 4 is 19.8 Å². The zero-order valence-corrected chi connectivity index (χ0v) is 46.7. The van der Waals surface area contributed by atoms with E-state index in [0.717, 1.165) is 109 Å². The third-order valence-electron chi connectivity index (χ3n) is 10.9. The van der Waals surface area contributed by atoms with Gasteiger partial charge in [-0.05, 0) is 109 Å². The highest BCUT2D eigenvalue weighted by Crippen LogP contribution is 2.38. The highest BCUT2D eigenvalue weighted by Gasteiger charge is 2.21. The molecule has 0 aliphatic carbocycles. The van der Waals surface area contributed by atoms with E-state index >= 15 is 0 Å². The lowest BCUT2D eigenvalue weighted by Gasteiger charge is -2.28. The quantitative estimate of drug-likeness (QED) is 0.0195. The lowest BCUT2D eigenvalue weighted by Crippen LogP contribution is -2.37. The van der Waals surface area contributed by atoms with E-state index < -0.39 is 32.5 Å². The van der Waals surface area contributed by atoms with Crippen LogP contribution in [0.25, 0.3) is 0 Å². The largest absolute Gasteiger partial charge is 0.756 e. The Labute approximate surface area is 440 Å². The number of nitrogens with zero attached hydrogens (tertiary/aromatic N) is 1. The van der Waals surface area contributed by atoms with Crippen LogP contribution in [-0.2, 0) is 32.7 Å². The number of phosphoric acid groups is 1. The predicted molar refractivity (Wildman–Crippen MR) is 304 cm³/mol. The molecule has 2 unspecified atom stereocenters.